The number of carbonyl (C=O) groups excluding carboxylic acids is 1. The highest BCUT2D eigenvalue weighted by atomic mass is 16.6. The van der Waals surface area contributed by atoms with Gasteiger partial charge in [-0.3, -0.25) is 4.68 Å². The molecule has 0 saturated carbocycles. The lowest BCUT2D eigenvalue weighted by molar-refractivity contribution is 0.209. The number of hydrogen-bond acceptors (Lipinski definition) is 4. The van der Waals surface area contributed by atoms with Crippen LogP contribution in [0.4, 0.5) is 4.79 Å². The summed E-state index contributed by atoms with van der Waals surface area (Å²) in [4.78, 5) is 10.9. The van der Waals surface area contributed by atoms with Crippen LogP contribution in [0.1, 0.15) is 19.9 Å². The first kappa shape index (κ1) is 12.2. The van der Waals surface area contributed by atoms with Gasteiger partial charge in [0.15, 0.2) is 11.5 Å². The third-order valence-corrected chi connectivity index (χ3v) is 2.58. The highest BCUT2D eigenvalue weighted by molar-refractivity contribution is 5.88. The van der Waals surface area contributed by atoms with Crippen molar-refractivity contribution in [1.82, 2.24) is 9.78 Å². The van der Waals surface area contributed by atoms with Gasteiger partial charge in [0.25, 0.3) is 0 Å². The molecule has 0 atom stereocenters. The molecule has 1 amide bonds. The van der Waals surface area contributed by atoms with Crippen LogP contribution >= 0.6 is 0 Å². The molecule has 18 heavy (non-hydrogen) atoms. The van der Waals surface area contributed by atoms with Crippen LogP contribution in [0.15, 0.2) is 18.3 Å². The van der Waals surface area contributed by atoms with Gasteiger partial charge in [0.2, 0.25) is 0 Å². The predicted molar refractivity (Wildman–Crippen MR) is 66.9 cm³/mol. The number of carbonyl (C=O) groups is 1. The minimum absolute atomic E-state index is 0.167. The number of rotatable bonds is 3. The van der Waals surface area contributed by atoms with Crippen LogP contribution in [0.2, 0.25) is 0 Å². The highest BCUT2D eigenvalue weighted by Gasteiger charge is 2.17. The Bertz CT molecular complexity index is 590. The van der Waals surface area contributed by atoms with Gasteiger partial charge in [0.1, 0.15) is 5.52 Å². The lowest BCUT2D eigenvalue weighted by Crippen LogP contribution is -2.16. The molecule has 0 spiro atoms. The number of nitrogens with two attached hydrogens (primary N) is 1. The average molecular weight is 249 g/mol. The second-order valence-corrected chi connectivity index (χ2v) is 4.14. The van der Waals surface area contributed by atoms with Crippen LogP contribution in [-0.2, 0) is 0 Å². The molecule has 2 N–H and O–H groups in total. The van der Waals surface area contributed by atoms with Gasteiger partial charge < -0.3 is 15.2 Å². The van der Waals surface area contributed by atoms with Crippen molar-refractivity contribution in [3.05, 3.63) is 18.3 Å². The molecule has 1 aromatic carbocycles. The lowest BCUT2D eigenvalue weighted by Gasteiger charge is -2.13. The zero-order valence-corrected chi connectivity index (χ0v) is 10.5. The van der Waals surface area contributed by atoms with Crippen molar-refractivity contribution in [3.63, 3.8) is 0 Å². The maximum absolute atomic E-state index is 10.9. The van der Waals surface area contributed by atoms with Crippen LogP contribution in [0, 0.1) is 0 Å². The first-order chi connectivity index (χ1) is 8.54. The number of methoxy groups -OCH3 is 1. The fraction of sp³-hybridized carbons (Fsp3) is 0.333. The zero-order chi connectivity index (χ0) is 13.3. The van der Waals surface area contributed by atoms with Crippen LogP contribution in [0.3, 0.4) is 0 Å². The van der Waals surface area contributed by atoms with E-state index in [-0.39, 0.29) is 6.04 Å². The van der Waals surface area contributed by atoms with Crippen LogP contribution < -0.4 is 15.2 Å². The van der Waals surface area contributed by atoms with Crippen molar-refractivity contribution in [2.24, 2.45) is 5.73 Å². The van der Waals surface area contributed by atoms with Gasteiger partial charge in [0.05, 0.1) is 13.3 Å². The maximum atomic E-state index is 10.9. The molecular formula is C12H15N3O3. The van der Waals surface area contributed by atoms with E-state index in [4.69, 9.17) is 15.2 Å². The quantitative estimate of drug-likeness (QED) is 0.903. The second-order valence-electron chi connectivity index (χ2n) is 4.14. The summed E-state index contributed by atoms with van der Waals surface area (Å²) in [6.45, 7) is 4.01. The van der Waals surface area contributed by atoms with Crippen molar-refractivity contribution < 1.29 is 14.3 Å². The van der Waals surface area contributed by atoms with Gasteiger partial charge in [-0.1, -0.05) is 0 Å². The molecule has 0 unspecified atom stereocenters. The second kappa shape index (κ2) is 4.56. The molecule has 2 aromatic rings. The SMILES string of the molecule is COc1c(OC(N)=O)ccc2cnn(C(C)C)c12. The third kappa shape index (κ3) is 1.97. The largest absolute Gasteiger partial charge is 0.491 e. The summed E-state index contributed by atoms with van der Waals surface area (Å²) in [5.74, 6) is 0.748. The van der Waals surface area contributed by atoms with Gasteiger partial charge in [-0.2, -0.15) is 5.10 Å². The van der Waals surface area contributed by atoms with E-state index in [0.717, 1.165) is 10.9 Å². The lowest BCUT2D eigenvalue weighted by atomic mass is 10.2. The van der Waals surface area contributed by atoms with Crippen LogP contribution in [-0.4, -0.2) is 23.0 Å². The van der Waals surface area contributed by atoms with E-state index in [1.54, 1.807) is 12.3 Å². The molecule has 6 nitrogen and oxygen atoms in total. The first-order valence-electron chi connectivity index (χ1n) is 5.56. The van der Waals surface area contributed by atoms with E-state index in [1.807, 2.05) is 24.6 Å². The van der Waals surface area contributed by atoms with Gasteiger partial charge >= 0.3 is 6.09 Å². The van der Waals surface area contributed by atoms with Gasteiger partial charge in [-0.15, -0.1) is 0 Å². The highest BCUT2D eigenvalue weighted by Crippen LogP contribution is 2.36. The fourth-order valence-corrected chi connectivity index (χ4v) is 1.87. The van der Waals surface area contributed by atoms with E-state index in [0.29, 0.717) is 11.5 Å². The monoisotopic (exact) mass is 249 g/mol. The molecule has 0 aliphatic heterocycles. The first-order valence-corrected chi connectivity index (χ1v) is 5.56. The maximum Gasteiger partial charge on any atom is 0.410 e. The number of amides is 1. The Labute approximate surface area is 104 Å². The number of hydrogen-bond donors (Lipinski definition) is 1. The van der Waals surface area contributed by atoms with E-state index >= 15 is 0 Å². The average Bonchev–Trinajstić information content (AvgIpc) is 2.71. The molecule has 0 saturated heterocycles. The molecule has 6 heteroatoms. The van der Waals surface area contributed by atoms with Gasteiger partial charge in [-0.25, -0.2) is 4.79 Å². The van der Waals surface area contributed by atoms with Gasteiger partial charge in [0, 0.05) is 11.4 Å². The summed E-state index contributed by atoms with van der Waals surface area (Å²) in [6.07, 6.45) is 0.870. The van der Waals surface area contributed by atoms with Crippen LogP contribution in [0.25, 0.3) is 10.9 Å². The molecule has 2 rings (SSSR count). The third-order valence-electron chi connectivity index (χ3n) is 2.58. The molecule has 1 aromatic heterocycles. The summed E-state index contributed by atoms with van der Waals surface area (Å²) in [5.41, 5.74) is 5.81. The standard InChI is InChI=1S/C12H15N3O3/c1-7(2)15-10-8(6-14-15)4-5-9(11(10)17-3)18-12(13)16/h4-7H,1-3H3,(H2,13,16). The van der Waals surface area contributed by atoms with Crippen molar-refractivity contribution in [2.75, 3.05) is 7.11 Å². The van der Waals surface area contributed by atoms with E-state index < -0.39 is 6.09 Å². The minimum Gasteiger partial charge on any atom is -0.491 e. The van der Waals surface area contributed by atoms with E-state index in [9.17, 15) is 4.79 Å². The number of benzene rings is 1. The van der Waals surface area contributed by atoms with Crippen LogP contribution in [0.5, 0.6) is 11.5 Å². The Hall–Kier alpha value is -2.24. The Morgan fingerprint density at radius 2 is 2.17 bits per heavy atom. The summed E-state index contributed by atoms with van der Waals surface area (Å²) in [7, 11) is 1.51. The number of primary amides is 1. The van der Waals surface area contributed by atoms with Crippen molar-refractivity contribution in [3.8, 4) is 11.5 Å². The molecule has 0 bridgehead atoms. The molecule has 0 aliphatic rings. The Morgan fingerprint density at radius 3 is 2.72 bits per heavy atom. The molecule has 96 valence electrons. The summed E-state index contributed by atoms with van der Waals surface area (Å²) >= 11 is 0. The van der Waals surface area contributed by atoms with E-state index in [1.165, 1.54) is 7.11 Å². The summed E-state index contributed by atoms with van der Waals surface area (Å²) < 4.78 is 12.0. The Balaban J connectivity index is 2.68. The van der Waals surface area contributed by atoms with Crippen molar-refractivity contribution >= 4 is 17.0 Å². The Morgan fingerprint density at radius 1 is 1.44 bits per heavy atom. The molecule has 0 radical (unpaired) electrons. The minimum atomic E-state index is -0.872. The Kier molecular flexibility index (Phi) is 3.10. The number of nitrogens with zero attached hydrogens (tertiary/aromatic N) is 2. The summed E-state index contributed by atoms with van der Waals surface area (Å²) in [6, 6.07) is 3.61. The predicted octanol–water partition coefficient (Wildman–Crippen LogP) is 2.08. The normalized spacial score (nSPS) is 10.9. The fourth-order valence-electron chi connectivity index (χ4n) is 1.87. The topological polar surface area (TPSA) is 79.4 Å². The van der Waals surface area contributed by atoms with Crippen molar-refractivity contribution in [2.45, 2.75) is 19.9 Å². The molecule has 0 aliphatic carbocycles. The molecular weight excluding hydrogens is 234 g/mol. The summed E-state index contributed by atoms with van der Waals surface area (Å²) in [5, 5.41) is 5.20. The number of ether oxygens (including phenoxy) is 2. The smallest absolute Gasteiger partial charge is 0.410 e. The molecule has 1 heterocycles. The van der Waals surface area contributed by atoms with Crippen molar-refractivity contribution in [1.29, 1.82) is 0 Å². The molecule has 0 fully saturated rings. The number of aromatic nitrogens is 2. The van der Waals surface area contributed by atoms with E-state index in [2.05, 4.69) is 5.10 Å². The van der Waals surface area contributed by atoms with Gasteiger partial charge in [-0.05, 0) is 26.0 Å². The number of fused-ring (bicyclic) bond motifs is 1. The zero-order valence-electron chi connectivity index (χ0n) is 10.5.